The van der Waals surface area contributed by atoms with E-state index in [1.54, 1.807) is 12.4 Å². The minimum Gasteiger partial charge on any atom is -0.355 e. The van der Waals surface area contributed by atoms with E-state index in [1.807, 2.05) is 31.6 Å². The number of anilines is 1. The van der Waals surface area contributed by atoms with Crippen molar-refractivity contribution in [1.82, 2.24) is 24.9 Å². The van der Waals surface area contributed by atoms with E-state index in [1.165, 1.54) is 17.3 Å². The van der Waals surface area contributed by atoms with Crippen LogP contribution in [0.2, 0.25) is 0 Å². The Bertz CT molecular complexity index is 1020. The highest BCUT2D eigenvalue weighted by molar-refractivity contribution is 7.99. The Morgan fingerprint density at radius 2 is 1.86 bits per heavy atom. The highest BCUT2D eigenvalue weighted by atomic mass is 32.2. The van der Waals surface area contributed by atoms with Crippen molar-refractivity contribution in [3.8, 4) is 0 Å². The standard InChI is InChI=1S/C21H23N7S/c1-14-20(25-8-7-23-14)29-17-13-26-16(12-27-17)28-9-4-21(5-10-28)11-15-3-2-6-24-18(15)19(21)22/h2-3,6-8,12-13,19H,4-5,9-11,22H2,1H3/t19-/m1/s1. The number of rotatable bonds is 3. The first-order valence-electron chi connectivity index (χ1n) is 9.86. The first-order valence-corrected chi connectivity index (χ1v) is 10.7. The molecule has 0 unspecified atom stereocenters. The Morgan fingerprint density at radius 3 is 2.59 bits per heavy atom. The molecule has 3 aromatic heterocycles. The van der Waals surface area contributed by atoms with Crippen LogP contribution in [0.4, 0.5) is 5.82 Å². The van der Waals surface area contributed by atoms with E-state index < -0.39 is 0 Å². The van der Waals surface area contributed by atoms with Crippen molar-refractivity contribution in [2.75, 3.05) is 18.0 Å². The molecule has 3 aromatic rings. The van der Waals surface area contributed by atoms with Gasteiger partial charge < -0.3 is 10.6 Å². The van der Waals surface area contributed by atoms with Gasteiger partial charge in [-0.05, 0) is 55.0 Å². The van der Waals surface area contributed by atoms with Crippen molar-refractivity contribution < 1.29 is 0 Å². The number of hydrogen-bond acceptors (Lipinski definition) is 8. The lowest BCUT2D eigenvalue weighted by Gasteiger charge is -2.42. The molecule has 2 aliphatic rings. The summed E-state index contributed by atoms with van der Waals surface area (Å²) in [6.45, 7) is 3.82. The van der Waals surface area contributed by atoms with Crippen LogP contribution in [0.15, 0.2) is 53.2 Å². The fraction of sp³-hybridized carbons (Fsp3) is 0.381. The van der Waals surface area contributed by atoms with Crippen molar-refractivity contribution in [2.45, 2.75) is 42.3 Å². The lowest BCUT2D eigenvalue weighted by molar-refractivity contribution is 0.185. The maximum absolute atomic E-state index is 6.62. The van der Waals surface area contributed by atoms with E-state index in [9.17, 15) is 0 Å². The minimum atomic E-state index is 0.0286. The smallest absolute Gasteiger partial charge is 0.147 e. The molecule has 29 heavy (non-hydrogen) atoms. The summed E-state index contributed by atoms with van der Waals surface area (Å²) in [5, 5.41) is 1.68. The summed E-state index contributed by atoms with van der Waals surface area (Å²) < 4.78 is 0. The molecule has 1 aliphatic carbocycles. The number of piperidine rings is 1. The molecule has 148 valence electrons. The van der Waals surface area contributed by atoms with Gasteiger partial charge in [0.25, 0.3) is 0 Å². The largest absolute Gasteiger partial charge is 0.355 e. The Hall–Kier alpha value is -2.58. The Labute approximate surface area is 174 Å². The molecule has 0 saturated carbocycles. The molecule has 1 aliphatic heterocycles. The van der Waals surface area contributed by atoms with E-state index in [0.29, 0.717) is 0 Å². The number of nitrogens with zero attached hydrogens (tertiary/aromatic N) is 6. The summed E-state index contributed by atoms with van der Waals surface area (Å²) in [5.74, 6) is 0.919. The van der Waals surface area contributed by atoms with Crippen LogP contribution in [0.25, 0.3) is 0 Å². The molecule has 2 N–H and O–H groups in total. The van der Waals surface area contributed by atoms with Gasteiger partial charge in [-0.2, -0.15) is 0 Å². The zero-order valence-electron chi connectivity index (χ0n) is 16.3. The topological polar surface area (TPSA) is 93.7 Å². The Kier molecular flexibility index (Phi) is 4.67. The molecule has 1 fully saturated rings. The van der Waals surface area contributed by atoms with Gasteiger partial charge in [0.1, 0.15) is 15.9 Å². The fourth-order valence-electron chi connectivity index (χ4n) is 4.45. The summed E-state index contributed by atoms with van der Waals surface area (Å²) >= 11 is 1.49. The van der Waals surface area contributed by atoms with Crippen LogP contribution in [0.5, 0.6) is 0 Å². The fourth-order valence-corrected chi connectivity index (χ4v) is 5.17. The third kappa shape index (κ3) is 3.36. The number of hydrogen-bond donors (Lipinski definition) is 1. The van der Waals surface area contributed by atoms with Gasteiger partial charge in [0.05, 0.1) is 29.8 Å². The lowest BCUT2D eigenvalue weighted by atomic mass is 9.73. The normalized spacial score (nSPS) is 20.1. The summed E-state index contributed by atoms with van der Waals surface area (Å²) in [4.78, 5) is 24.7. The first kappa shape index (κ1) is 18.4. The van der Waals surface area contributed by atoms with Crippen LogP contribution in [0, 0.1) is 12.3 Å². The average Bonchev–Trinajstić information content (AvgIpc) is 3.03. The van der Waals surface area contributed by atoms with E-state index in [0.717, 1.165) is 59.6 Å². The number of aryl methyl sites for hydroxylation is 1. The molecule has 4 heterocycles. The Balaban J connectivity index is 1.25. The van der Waals surface area contributed by atoms with Crippen LogP contribution in [-0.2, 0) is 6.42 Å². The van der Waals surface area contributed by atoms with Gasteiger partial charge in [0.15, 0.2) is 0 Å². The van der Waals surface area contributed by atoms with Gasteiger partial charge in [0.2, 0.25) is 0 Å². The van der Waals surface area contributed by atoms with Crippen LogP contribution < -0.4 is 10.6 Å². The van der Waals surface area contributed by atoms with Crippen molar-refractivity contribution in [3.05, 3.63) is 60.1 Å². The quantitative estimate of drug-likeness (QED) is 0.711. The molecule has 5 rings (SSSR count). The molecule has 0 aromatic carbocycles. The van der Waals surface area contributed by atoms with Crippen LogP contribution >= 0.6 is 11.8 Å². The molecule has 1 atom stereocenters. The van der Waals surface area contributed by atoms with Gasteiger partial charge in [-0.1, -0.05) is 6.07 Å². The molecule has 7 nitrogen and oxygen atoms in total. The second-order valence-electron chi connectivity index (χ2n) is 7.81. The zero-order valence-corrected chi connectivity index (χ0v) is 17.1. The highest BCUT2D eigenvalue weighted by Crippen LogP contribution is 2.50. The monoisotopic (exact) mass is 405 g/mol. The highest BCUT2D eigenvalue weighted by Gasteiger charge is 2.46. The molecule has 8 heteroatoms. The van der Waals surface area contributed by atoms with Crippen molar-refractivity contribution in [2.24, 2.45) is 11.1 Å². The number of fused-ring (bicyclic) bond motifs is 1. The molecule has 0 bridgehead atoms. The van der Waals surface area contributed by atoms with Crippen molar-refractivity contribution in [3.63, 3.8) is 0 Å². The third-order valence-electron chi connectivity index (χ3n) is 6.16. The maximum atomic E-state index is 6.62. The number of aromatic nitrogens is 5. The van der Waals surface area contributed by atoms with Gasteiger partial charge in [0, 0.05) is 31.7 Å². The Morgan fingerprint density at radius 1 is 1.03 bits per heavy atom. The molecule has 1 spiro atoms. The lowest BCUT2D eigenvalue weighted by Crippen LogP contribution is -2.44. The predicted molar refractivity (Wildman–Crippen MR) is 112 cm³/mol. The molecule has 0 radical (unpaired) electrons. The third-order valence-corrected chi connectivity index (χ3v) is 7.17. The second-order valence-corrected chi connectivity index (χ2v) is 8.82. The summed E-state index contributed by atoms with van der Waals surface area (Å²) in [6, 6.07) is 4.21. The zero-order chi connectivity index (χ0) is 19.8. The van der Waals surface area contributed by atoms with Crippen molar-refractivity contribution >= 4 is 17.6 Å². The predicted octanol–water partition coefficient (Wildman–Crippen LogP) is 2.96. The SMILES string of the molecule is Cc1nccnc1Sc1cnc(N2CCC3(CC2)Cc2cccnc2[C@H]3N)cn1. The van der Waals surface area contributed by atoms with E-state index in [2.05, 4.69) is 35.9 Å². The first-order chi connectivity index (χ1) is 14.1. The number of nitrogens with two attached hydrogens (primary N) is 1. The van der Waals surface area contributed by atoms with E-state index >= 15 is 0 Å². The summed E-state index contributed by atoms with van der Waals surface area (Å²) in [5.41, 5.74) is 10.0. The molecular weight excluding hydrogens is 382 g/mol. The van der Waals surface area contributed by atoms with Crippen molar-refractivity contribution in [1.29, 1.82) is 0 Å². The van der Waals surface area contributed by atoms with Gasteiger partial charge in [-0.25, -0.2) is 15.0 Å². The van der Waals surface area contributed by atoms with Crippen LogP contribution in [-0.4, -0.2) is 38.0 Å². The van der Waals surface area contributed by atoms with Gasteiger partial charge in [-0.3, -0.25) is 9.97 Å². The van der Waals surface area contributed by atoms with E-state index in [-0.39, 0.29) is 11.5 Å². The molecular formula is C21H23N7S. The van der Waals surface area contributed by atoms with Gasteiger partial charge in [-0.15, -0.1) is 0 Å². The van der Waals surface area contributed by atoms with Gasteiger partial charge >= 0.3 is 0 Å². The minimum absolute atomic E-state index is 0.0286. The second kappa shape index (κ2) is 7.35. The molecule has 1 saturated heterocycles. The van der Waals surface area contributed by atoms with Crippen LogP contribution in [0.3, 0.4) is 0 Å². The van der Waals surface area contributed by atoms with E-state index in [4.69, 9.17) is 5.73 Å². The summed E-state index contributed by atoms with van der Waals surface area (Å²) in [7, 11) is 0. The number of pyridine rings is 1. The molecule has 0 amide bonds. The maximum Gasteiger partial charge on any atom is 0.147 e. The van der Waals surface area contributed by atoms with Crippen LogP contribution in [0.1, 0.15) is 35.8 Å². The summed E-state index contributed by atoms with van der Waals surface area (Å²) in [6.07, 6.45) is 12.0. The average molecular weight is 406 g/mol.